The Labute approximate surface area is 146 Å². The van der Waals surface area contributed by atoms with E-state index in [1.807, 2.05) is 6.92 Å². The summed E-state index contributed by atoms with van der Waals surface area (Å²) < 4.78 is 3.96. The molecule has 0 atom stereocenters. The number of aromatic nitrogens is 3. The summed E-state index contributed by atoms with van der Waals surface area (Å²) in [4.78, 5) is 27.4. The third-order valence-electron chi connectivity index (χ3n) is 3.66. The first-order chi connectivity index (χ1) is 11.9. The van der Waals surface area contributed by atoms with E-state index < -0.39 is 10.8 Å². The van der Waals surface area contributed by atoms with Gasteiger partial charge in [0.1, 0.15) is 0 Å². The Balaban J connectivity index is 2.17. The number of aryl methyl sites for hydroxylation is 2. The fraction of sp³-hybridized carbons (Fsp3) is 0.188. The van der Waals surface area contributed by atoms with Gasteiger partial charge in [0.2, 0.25) is 0 Å². The third kappa shape index (κ3) is 3.07. The van der Waals surface area contributed by atoms with Crippen molar-refractivity contribution in [3.8, 4) is 12.3 Å². The van der Waals surface area contributed by atoms with E-state index in [0.717, 1.165) is 10.4 Å². The zero-order valence-electron chi connectivity index (χ0n) is 13.5. The number of terminal acetylenes is 1. The van der Waals surface area contributed by atoms with Gasteiger partial charge in [0.05, 0.1) is 21.7 Å². The van der Waals surface area contributed by atoms with Gasteiger partial charge in [-0.05, 0) is 19.1 Å². The van der Waals surface area contributed by atoms with Crippen LogP contribution in [0.5, 0.6) is 0 Å². The number of benzene rings is 1. The number of nitrogens with zero attached hydrogens (tertiary/aromatic N) is 5. The summed E-state index contributed by atoms with van der Waals surface area (Å²) in [7, 11) is 1.74. The molecular weight excluding hydrogens is 342 g/mol. The predicted molar refractivity (Wildman–Crippen MR) is 93.1 cm³/mol. The normalized spacial score (nSPS) is 11.6. The van der Waals surface area contributed by atoms with Crippen LogP contribution in [0, 0.1) is 29.4 Å². The van der Waals surface area contributed by atoms with Gasteiger partial charge in [0, 0.05) is 24.9 Å². The van der Waals surface area contributed by atoms with Crippen molar-refractivity contribution in [1.29, 1.82) is 0 Å². The molecule has 126 valence electrons. The average Bonchev–Trinajstić information content (AvgIpc) is 3.08. The molecule has 0 spiro atoms. The lowest BCUT2D eigenvalue weighted by atomic mass is 10.3. The van der Waals surface area contributed by atoms with Crippen LogP contribution in [0.25, 0.3) is 10.2 Å². The lowest BCUT2D eigenvalue weighted by Gasteiger charge is -1.99. The Kier molecular flexibility index (Phi) is 4.21. The Morgan fingerprint density at radius 1 is 1.48 bits per heavy atom. The van der Waals surface area contributed by atoms with Crippen molar-refractivity contribution in [2.24, 2.45) is 12.0 Å². The smallest absolute Gasteiger partial charge is 0.300 e. The highest BCUT2D eigenvalue weighted by atomic mass is 32.1. The van der Waals surface area contributed by atoms with E-state index in [-0.39, 0.29) is 17.9 Å². The molecule has 0 N–H and O–H groups in total. The predicted octanol–water partition coefficient (Wildman–Crippen LogP) is 2.03. The van der Waals surface area contributed by atoms with Crippen LogP contribution >= 0.6 is 11.3 Å². The Hall–Kier alpha value is -3.25. The minimum absolute atomic E-state index is 0.0469. The van der Waals surface area contributed by atoms with Gasteiger partial charge in [-0.3, -0.25) is 19.6 Å². The molecule has 3 aromatic rings. The van der Waals surface area contributed by atoms with E-state index in [1.54, 1.807) is 28.4 Å². The highest BCUT2D eigenvalue weighted by Gasteiger charge is 2.14. The maximum atomic E-state index is 12.4. The van der Waals surface area contributed by atoms with Crippen molar-refractivity contribution < 1.29 is 9.72 Å². The van der Waals surface area contributed by atoms with Crippen LogP contribution in [-0.4, -0.2) is 25.2 Å². The van der Waals surface area contributed by atoms with Crippen molar-refractivity contribution in [2.45, 2.75) is 13.5 Å². The number of nitro benzene ring substituents is 1. The molecule has 0 aliphatic carbocycles. The van der Waals surface area contributed by atoms with Crippen LogP contribution in [0.2, 0.25) is 0 Å². The molecule has 0 saturated heterocycles. The molecule has 0 bridgehead atoms. The molecule has 1 amide bonds. The number of nitro groups is 1. The number of amides is 1. The maximum absolute atomic E-state index is 12.4. The van der Waals surface area contributed by atoms with Gasteiger partial charge in [-0.1, -0.05) is 17.3 Å². The van der Waals surface area contributed by atoms with Crippen LogP contribution in [0.1, 0.15) is 16.2 Å². The lowest BCUT2D eigenvalue weighted by Crippen LogP contribution is -2.16. The van der Waals surface area contributed by atoms with Crippen LogP contribution in [0.3, 0.4) is 0 Å². The van der Waals surface area contributed by atoms with E-state index in [1.165, 1.54) is 23.5 Å². The van der Waals surface area contributed by atoms with Gasteiger partial charge in [-0.25, -0.2) is 0 Å². The summed E-state index contributed by atoms with van der Waals surface area (Å²) in [5.74, 6) is 2.00. The zero-order chi connectivity index (χ0) is 18.1. The fourth-order valence-electron chi connectivity index (χ4n) is 2.31. The van der Waals surface area contributed by atoms with Crippen LogP contribution in [0.4, 0.5) is 5.69 Å². The molecule has 1 aromatic carbocycles. The van der Waals surface area contributed by atoms with Gasteiger partial charge in [-0.2, -0.15) is 10.1 Å². The average molecular weight is 355 g/mol. The summed E-state index contributed by atoms with van der Waals surface area (Å²) in [6.07, 6.45) is 5.40. The number of carbonyl (C=O) groups is 1. The number of hydrogen-bond acceptors (Lipinski definition) is 5. The lowest BCUT2D eigenvalue weighted by molar-refractivity contribution is -0.384. The largest absolute Gasteiger partial charge is 0.304 e. The molecule has 2 aromatic heterocycles. The van der Waals surface area contributed by atoms with Gasteiger partial charge in [-0.15, -0.1) is 6.42 Å². The first kappa shape index (κ1) is 16.6. The molecule has 25 heavy (non-hydrogen) atoms. The second-order valence-corrected chi connectivity index (χ2v) is 6.30. The quantitative estimate of drug-likeness (QED) is 0.408. The Bertz CT molecular complexity index is 1090. The van der Waals surface area contributed by atoms with Crippen molar-refractivity contribution in [2.75, 3.05) is 0 Å². The van der Waals surface area contributed by atoms with Gasteiger partial charge in [0.15, 0.2) is 10.5 Å². The van der Waals surface area contributed by atoms with E-state index >= 15 is 0 Å². The maximum Gasteiger partial charge on any atom is 0.300 e. The molecule has 0 unspecified atom stereocenters. The molecule has 8 nitrogen and oxygen atoms in total. The molecule has 9 heteroatoms. The summed E-state index contributed by atoms with van der Waals surface area (Å²) in [5.41, 5.74) is 1.59. The highest BCUT2D eigenvalue weighted by molar-refractivity contribution is 7.16. The van der Waals surface area contributed by atoms with Crippen molar-refractivity contribution >= 4 is 33.1 Å². The van der Waals surface area contributed by atoms with E-state index in [9.17, 15) is 14.9 Å². The first-order valence-corrected chi connectivity index (χ1v) is 8.03. The summed E-state index contributed by atoms with van der Waals surface area (Å²) in [6, 6.07) is 6.11. The highest BCUT2D eigenvalue weighted by Crippen LogP contribution is 2.23. The molecule has 0 saturated carbocycles. The second-order valence-electron chi connectivity index (χ2n) is 5.30. The Morgan fingerprint density at radius 3 is 2.84 bits per heavy atom. The molecule has 0 aliphatic rings. The first-order valence-electron chi connectivity index (χ1n) is 7.21. The zero-order valence-corrected chi connectivity index (χ0v) is 14.3. The number of thiazole rings is 1. The number of hydrogen-bond donors (Lipinski definition) is 0. The van der Waals surface area contributed by atoms with E-state index in [2.05, 4.69) is 16.0 Å². The van der Waals surface area contributed by atoms with Crippen molar-refractivity contribution in [3.63, 3.8) is 0 Å². The number of carbonyl (C=O) groups excluding carboxylic acids is 1. The monoisotopic (exact) mass is 355 g/mol. The number of fused-ring (bicyclic) bond motifs is 1. The Morgan fingerprint density at radius 2 is 2.24 bits per heavy atom. The van der Waals surface area contributed by atoms with Gasteiger partial charge < -0.3 is 4.57 Å². The SMILES string of the molecule is C#CCn1c(=NC(=O)c2cc(C)n(C)n2)sc2ccc([N+](=O)[O-])cc21. The number of rotatable bonds is 3. The van der Waals surface area contributed by atoms with Crippen molar-refractivity contribution in [1.82, 2.24) is 14.3 Å². The third-order valence-corrected chi connectivity index (χ3v) is 4.72. The molecular formula is C16H13N5O3S. The van der Waals surface area contributed by atoms with Crippen LogP contribution in [0.15, 0.2) is 29.3 Å². The van der Waals surface area contributed by atoms with E-state index in [4.69, 9.17) is 6.42 Å². The minimum atomic E-state index is -0.490. The second kappa shape index (κ2) is 6.33. The summed E-state index contributed by atoms with van der Waals surface area (Å²) in [6.45, 7) is 1.98. The van der Waals surface area contributed by atoms with Crippen molar-refractivity contribution in [3.05, 3.63) is 50.6 Å². The summed E-state index contributed by atoms with van der Waals surface area (Å²) in [5, 5.41) is 15.1. The van der Waals surface area contributed by atoms with E-state index in [0.29, 0.717) is 10.3 Å². The van der Waals surface area contributed by atoms with Gasteiger partial charge >= 0.3 is 0 Å². The van der Waals surface area contributed by atoms with Gasteiger partial charge in [0.25, 0.3) is 11.6 Å². The van der Waals surface area contributed by atoms with Crippen LogP contribution in [-0.2, 0) is 13.6 Å². The topological polar surface area (TPSA) is 95.3 Å². The molecule has 0 fully saturated rings. The molecule has 3 rings (SSSR count). The molecule has 0 aliphatic heterocycles. The standard InChI is InChI=1S/C16H13N5O3S/c1-4-7-20-13-9-11(21(23)24)5-6-14(13)25-16(20)17-15(22)12-8-10(2)19(3)18-12/h1,5-6,8-9H,7H2,2-3H3. The minimum Gasteiger partial charge on any atom is -0.304 e. The molecule has 0 radical (unpaired) electrons. The molecule has 2 heterocycles. The number of non-ortho nitro benzene ring substituents is 1. The van der Waals surface area contributed by atoms with Crippen LogP contribution < -0.4 is 4.80 Å². The summed E-state index contributed by atoms with van der Waals surface area (Å²) >= 11 is 1.24. The fourth-order valence-corrected chi connectivity index (χ4v) is 3.32.